The number of imidazole rings is 1. The molecule has 5 aromatic rings. The molecule has 0 atom stereocenters. The van der Waals surface area contributed by atoms with Crippen LogP contribution in [-0.2, 0) is 13.0 Å². The fraction of sp³-hybridized carbons (Fsp3) is 0.0952. The van der Waals surface area contributed by atoms with Crippen LogP contribution in [0, 0.1) is 0 Å². The normalized spacial score (nSPS) is 11.4. The van der Waals surface area contributed by atoms with Crippen molar-refractivity contribution in [3.63, 3.8) is 0 Å². The Morgan fingerprint density at radius 2 is 1.54 bits per heavy atom. The van der Waals surface area contributed by atoms with Gasteiger partial charge in [0.2, 0.25) is 0 Å². The van der Waals surface area contributed by atoms with E-state index in [9.17, 15) is 0 Å². The van der Waals surface area contributed by atoms with Crippen molar-refractivity contribution in [2.24, 2.45) is 0 Å². The summed E-state index contributed by atoms with van der Waals surface area (Å²) >= 11 is 1.69. The molecule has 0 radical (unpaired) electrons. The number of aryl methyl sites for hydroxylation is 2. The van der Waals surface area contributed by atoms with Crippen molar-refractivity contribution in [1.82, 2.24) is 19.5 Å². The van der Waals surface area contributed by atoms with E-state index in [0.717, 1.165) is 40.3 Å². The average molecular weight is 356 g/mol. The lowest BCUT2D eigenvalue weighted by molar-refractivity contribution is 0.718. The van der Waals surface area contributed by atoms with Gasteiger partial charge in [0.1, 0.15) is 0 Å². The maximum atomic E-state index is 4.86. The summed E-state index contributed by atoms with van der Waals surface area (Å²) in [6, 6.07) is 22.6. The molecule has 0 fully saturated rings. The molecule has 26 heavy (non-hydrogen) atoms. The summed E-state index contributed by atoms with van der Waals surface area (Å²) in [6.45, 7) is 0.820. The second-order valence-corrected chi connectivity index (χ2v) is 7.11. The molecular weight excluding hydrogens is 340 g/mol. The van der Waals surface area contributed by atoms with E-state index >= 15 is 0 Å². The van der Waals surface area contributed by atoms with Crippen LogP contribution in [0.25, 0.3) is 33.0 Å². The Hall–Kier alpha value is -3.05. The van der Waals surface area contributed by atoms with Crippen LogP contribution in [0.3, 0.4) is 0 Å². The summed E-state index contributed by atoms with van der Waals surface area (Å²) in [5.74, 6) is 0.946. The van der Waals surface area contributed by atoms with Gasteiger partial charge in [0.25, 0.3) is 0 Å². The van der Waals surface area contributed by atoms with Crippen molar-refractivity contribution in [3.05, 3.63) is 77.7 Å². The molecule has 0 bridgehead atoms. The first-order valence-corrected chi connectivity index (χ1v) is 9.47. The van der Waals surface area contributed by atoms with E-state index in [2.05, 4.69) is 46.3 Å². The minimum absolute atomic E-state index is 0.708. The van der Waals surface area contributed by atoms with Gasteiger partial charge >= 0.3 is 0 Å². The predicted molar refractivity (Wildman–Crippen MR) is 106 cm³/mol. The molecular formula is C21H16N4S. The van der Waals surface area contributed by atoms with Gasteiger partial charge in [-0.15, -0.1) is 11.3 Å². The van der Waals surface area contributed by atoms with Crippen LogP contribution in [-0.4, -0.2) is 19.5 Å². The molecule has 3 aromatic heterocycles. The molecule has 0 spiro atoms. The third-order valence-corrected chi connectivity index (χ3v) is 5.33. The largest absolute Gasteiger partial charge is 0.306 e. The molecule has 3 heterocycles. The van der Waals surface area contributed by atoms with Crippen molar-refractivity contribution < 1.29 is 0 Å². The minimum atomic E-state index is 0.708. The lowest BCUT2D eigenvalue weighted by Crippen LogP contribution is -2.04. The highest BCUT2D eigenvalue weighted by Gasteiger charge is 2.16. The molecule has 5 rings (SSSR count). The van der Waals surface area contributed by atoms with Gasteiger partial charge in [0.05, 0.1) is 15.9 Å². The van der Waals surface area contributed by atoms with Gasteiger partial charge in [-0.05, 0) is 35.6 Å². The average Bonchev–Trinajstić information content (AvgIpc) is 3.33. The Balaban J connectivity index is 1.67. The van der Waals surface area contributed by atoms with Gasteiger partial charge < -0.3 is 4.57 Å². The zero-order valence-corrected chi connectivity index (χ0v) is 14.9. The first kappa shape index (κ1) is 15.2. The summed E-state index contributed by atoms with van der Waals surface area (Å²) in [5, 5.41) is 2.08. The van der Waals surface area contributed by atoms with Gasteiger partial charge in [0.15, 0.2) is 17.1 Å². The molecule has 0 unspecified atom stereocenters. The van der Waals surface area contributed by atoms with Gasteiger partial charge in [-0.3, -0.25) is 0 Å². The van der Waals surface area contributed by atoms with Gasteiger partial charge in [-0.2, -0.15) is 0 Å². The van der Waals surface area contributed by atoms with Crippen LogP contribution in [0.1, 0.15) is 5.56 Å². The number of hydrogen-bond donors (Lipinski definition) is 0. The van der Waals surface area contributed by atoms with E-state index in [-0.39, 0.29) is 0 Å². The van der Waals surface area contributed by atoms with Crippen molar-refractivity contribution >= 4 is 33.7 Å². The molecule has 5 heteroatoms. The Labute approximate surface area is 154 Å². The van der Waals surface area contributed by atoms with E-state index in [1.165, 1.54) is 5.56 Å². The smallest absolute Gasteiger partial charge is 0.198 e. The second kappa shape index (κ2) is 6.35. The highest BCUT2D eigenvalue weighted by atomic mass is 32.1. The molecule has 4 nitrogen and oxygen atoms in total. The van der Waals surface area contributed by atoms with Crippen molar-refractivity contribution in [3.8, 4) is 10.7 Å². The quantitative estimate of drug-likeness (QED) is 0.457. The van der Waals surface area contributed by atoms with Crippen LogP contribution in [0.4, 0.5) is 0 Å². The number of rotatable bonds is 4. The highest BCUT2D eigenvalue weighted by Crippen LogP contribution is 2.28. The zero-order valence-electron chi connectivity index (χ0n) is 14.0. The monoisotopic (exact) mass is 356 g/mol. The molecule has 0 amide bonds. The minimum Gasteiger partial charge on any atom is -0.306 e. The first-order valence-electron chi connectivity index (χ1n) is 8.59. The van der Waals surface area contributed by atoms with Crippen molar-refractivity contribution in [2.75, 3.05) is 0 Å². The van der Waals surface area contributed by atoms with Gasteiger partial charge in [-0.25, -0.2) is 15.0 Å². The number of aromatic nitrogens is 4. The van der Waals surface area contributed by atoms with Gasteiger partial charge in [-0.1, -0.05) is 48.5 Å². The third-order valence-electron chi connectivity index (χ3n) is 4.47. The lowest BCUT2D eigenvalue weighted by Gasteiger charge is -2.08. The van der Waals surface area contributed by atoms with Crippen LogP contribution in [0.5, 0.6) is 0 Å². The molecule has 0 saturated carbocycles. The van der Waals surface area contributed by atoms with E-state index < -0.39 is 0 Å². The highest BCUT2D eigenvalue weighted by molar-refractivity contribution is 7.13. The van der Waals surface area contributed by atoms with Crippen LogP contribution < -0.4 is 0 Å². The van der Waals surface area contributed by atoms with Crippen LogP contribution >= 0.6 is 11.3 Å². The number of thiophene rings is 1. The standard InChI is InChI=1S/C21H16N4S/c1-2-7-15(8-3-1)12-13-25-20(18-11-6-14-26-18)24-19-21(25)23-17-10-5-4-9-16(17)22-19/h1-11,14H,12-13H2. The summed E-state index contributed by atoms with van der Waals surface area (Å²) in [6.07, 6.45) is 0.930. The third kappa shape index (κ3) is 2.66. The summed E-state index contributed by atoms with van der Waals surface area (Å²) in [7, 11) is 0. The summed E-state index contributed by atoms with van der Waals surface area (Å²) < 4.78 is 2.20. The molecule has 0 aliphatic carbocycles. The van der Waals surface area contributed by atoms with Gasteiger partial charge in [0, 0.05) is 6.54 Å². The van der Waals surface area contributed by atoms with Crippen LogP contribution in [0.2, 0.25) is 0 Å². The fourth-order valence-electron chi connectivity index (χ4n) is 3.19. The number of benzene rings is 2. The second-order valence-electron chi connectivity index (χ2n) is 6.16. The van der Waals surface area contributed by atoms with E-state index in [4.69, 9.17) is 15.0 Å². The maximum absolute atomic E-state index is 4.86. The molecule has 0 saturated heterocycles. The number of para-hydroxylation sites is 2. The molecule has 0 aliphatic rings. The predicted octanol–water partition coefficient (Wildman–Crippen LogP) is 4.95. The summed E-state index contributed by atoms with van der Waals surface area (Å²) in [5.41, 5.74) is 4.65. The Bertz CT molecular complexity index is 1180. The zero-order chi connectivity index (χ0) is 17.3. The Kier molecular flexibility index (Phi) is 3.72. The topological polar surface area (TPSA) is 43.6 Å². The summed E-state index contributed by atoms with van der Waals surface area (Å²) in [4.78, 5) is 15.6. The van der Waals surface area contributed by atoms with E-state index in [1.807, 2.05) is 30.3 Å². The Morgan fingerprint density at radius 1 is 0.769 bits per heavy atom. The molecule has 0 aliphatic heterocycles. The lowest BCUT2D eigenvalue weighted by atomic mass is 10.1. The SMILES string of the molecule is c1ccc(CCn2c(-c3cccs3)nc3nc4ccccc4nc32)cc1. The first-order chi connectivity index (χ1) is 12.9. The molecule has 0 N–H and O–H groups in total. The fourth-order valence-corrected chi connectivity index (χ4v) is 3.91. The molecule has 126 valence electrons. The Morgan fingerprint density at radius 3 is 2.31 bits per heavy atom. The molecule has 2 aromatic carbocycles. The van der Waals surface area contributed by atoms with E-state index in [0.29, 0.717) is 5.65 Å². The number of fused-ring (bicyclic) bond motifs is 2. The van der Waals surface area contributed by atoms with Crippen LogP contribution in [0.15, 0.2) is 72.1 Å². The van der Waals surface area contributed by atoms with Crippen molar-refractivity contribution in [1.29, 1.82) is 0 Å². The van der Waals surface area contributed by atoms with E-state index in [1.54, 1.807) is 11.3 Å². The maximum Gasteiger partial charge on any atom is 0.198 e. The number of nitrogens with zero attached hydrogens (tertiary/aromatic N) is 4. The van der Waals surface area contributed by atoms with Crippen molar-refractivity contribution in [2.45, 2.75) is 13.0 Å². The number of hydrogen-bond acceptors (Lipinski definition) is 4.